The molecule has 0 radical (unpaired) electrons. The molecule has 158 valence electrons. The lowest BCUT2D eigenvalue weighted by Gasteiger charge is -2.26. The summed E-state index contributed by atoms with van der Waals surface area (Å²) in [6.07, 6.45) is 9.12. The van der Waals surface area contributed by atoms with E-state index < -0.39 is 0 Å². The summed E-state index contributed by atoms with van der Waals surface area (Å²) in [4.78, 5) is 9.82. The Balaban J connectivity index is 1.26. The van der Waals surface area contributed by atoms with Crippen molar-refractivity contribution in [3.8, 4) is 17.2 Å². The van der Waals surface area contributed by atoms with Crippen molar-refractivity contribution in [3.05, 3.63) is 35.7 Å². The monoisotopic (exact) mass is 397 g/mol. The summed E-state index contributed by atoms with van der Waals surface area (Å²) in [5, 5.41) is 0. The second-order valence-electron chi connectivity index (χ2n) is 8.49. The van der Waals surface area contributed by atoms with E-state index in [-0.39, 0.29) is 0 Å². The quantitative estimate of drug-likeness (QED) is 0.593. The second-order valence-corrected chi connectivity index (χ2v) is 8.49. The summed E-state index contributed by atoms with van der Waals surface area (Å²) in [6.45, 7) is 9.69. The molecule has 0 unspecified atom stereocenters. The van der Waals surface area contributed by atoms with Gasteiger partial charge in [0.15, 0.2) is 0 Å². The smallest absolute Gasteiger partial charge is 0.226 e. The predicted octanol–water partition coefficient (Wildman–Crippen LogP) is 4.89. The average Bonchev–Trinajstić information content (AvgIpc) is 3.13. The van der Waals surface area contributed by atoms with Crippen molar-refractivity contribution >= 4 is 0 Å². The molecule has 5 heteroatoms. The van der Waals surface area contributed by atoms with Gasteiger partial charge in [-0.3, -0.25) is 4.90 Å². The van der Waals surface area contributed by atoms with Gasteiger partial charge in [-0.25, -0.2) is 4.98 Å². The fourth-order valence-electron chi connectivity index (χ4n) is 4.38. The number of hydrogen-bond acceptors (Lipinski definition) is 5. The first kappa shape index (κ1) is 20.4. The lowest BCUT2D eigenvalue weighted by atomic mass is 10.1. The van der Waals surface area contributed by atoms with Crippen LogP contribution >= 0.6 is 0 Å². The molecule has 1 aromatic heterocycles. The van der Waals surface area contributed by atoms with Gasteiger partial charge in [-0.15, -0.1) is 0 Å². The fourth-order valence-corrected chi connectivity index (χ4v) is 4.38. The van der Waals surface area contributed by atoms with Crippen LogP contribution in [0, 0.1) is 6.92 Å². The van der Waals surface area contributed by atoms with E-state index in [0.29, 0.717) is 5.89 Å². The summed E-state index contributed by atoms with van der Waals surface area (Å²) in [5.74, 6) is 2.57. The van der Waals surface area contributed by atoms with Crippen molar-refractivity contribution in [2.45, 2.75) is 58.4 Å². The molecule has 5 nitrogen and oxygen atoms in total. The maximum atomic E-state index is 5.96. The van der Waals surface area contributed by atoms with Crippen LogP contribution in [-0.4, -0.2) is 54.1 Å². The first-order valence-corrected chi connectivity index (χ1v) is 11.4. The van der Waals surface area contributed by atoms with E-state index in [4.69, 9.17) is 14.1 Å². The topological polar surface area (TPSA) is 41.7 Å². The third-order valence-corrected chi connectivity index (χ3v) is 6.15. The molecule has 0 atom stereocenters. The molecule has 4 rings (SSSR count). The molecule has 0 spiro atoms. The van der Waals surface area contributed by atoms with Gasteiger partial charge in [0, 0.05) is 18.7 Å². The minimum atomic E-state index is 0.714. The number of benzene rings is 1. The van der Waals surface area contributed by atoms with Gasteiger partial charge in [0.05, 0.1) is 12.3 Å². The first-order valence-electron chi connectivity index (χ1n) is 11.4. The number of nitrogens with zero attached hydrogens (tertiary/aromatic N) is 3. The van der Waals surface area contributed by atoms with Crippen LogP contribution in [0.2, 0.25) is 0 Å². The zero-order valence-electron chi connectivity index (χ0n) is 17.9. The number of likely N-dealkylation sites (tertiary alicyclic amines) is 2. The minimum Gasteiger partial charge on any atom is -0.494 e. The molecule has 0 bridgehead atoms. The minimum absolute atomic E-state index is 0.714. The lowest BCUT2D eigenvalue weighted by molar-refractivity contribution is 0.205. The molecule has 2 aromatic rings. The Kier molecular flexibility index (Phi) is 7.23. The Morgan fingerprint density at radius 2 is 1.55 bits per heavy atom. The molecule has 2 saturated heterocycles. The molecule has 2 fully saturated rings. The maximum Gasteiger partial charge on any atom is 0.226 e. The third kappa shape index (κ3) is 5.83. The number of ether oxygens (including phenoxy) is 1. The van der Waals surface area contributed by atoms with Crippen molar-refractivity contribution in [1.29, 1.82) is 0 Å². The maximum absolute atomic E-state index is 5.96. The molecule has 0 amide bonds. The summed E-state index contributed by atoms with van der Waals surface area (Å²) in [5.41, 5.74) is 2.08. The predicted molar refractivity (Wildman–Crippen MR) is 116 cm³/mol. The Bertz CT molecular complexity index is 744. The SMILES string of the molecule is Cc1oc(-c2ccc(OCCCN3CCCCC3)cc2)nc1CN1CCCCC1. The van der Waals surface area contributed by atoms with Crippen LogP contribution < -0.4 is 4.74 Å². The van der Waals surface area contributed by atoms with Crippen molar-refractivity contribution in [2.75, 3.05) is 39.3 Å². The Morgan fingerprint density at radius 1 is 0.897 bits per heavy atom. The van der Waals surface area contributed by atoms with E-state index in [0.717, 1.165) is 48.9 Å². The number of rotatable bonds is 8. The zero-order chi connectivity index (χ0) is 19.9. The number of aromatic nitrogens is 1. The van der Waals surface area contributed by atoms with E-state index in [1.807, 2.05) is 19.1 Å². The van der Waals surface area contributed by atoms with Gasteiger partial charge in [-0.05, 0) is 89.5 Å². The van der Waals surface area contributed by atoms with E-state index >= 15 is 0 Å². The molecule has 3 heterocycles. The Hall–Kier alpha value is -1.85. The highest BCUT2D eigenvalue weighted by Crippen LogP contribution is 2.25. The molecule has 0 saturated carbocycles. The van der Waals surface area contributed by atoms with E-state index in [1.165, 1.54) is 64.7 Å². The standard InChI is InChI=1S/C24H35N3O2/c1-20-23(19-27-15-6-3-7-16-27)25-24(29-20)21-9-11-22(12-10-21)28-18-8-17-26-13-4-2-5-14-26/h9-12H,2-8,13-19H2,1H3. The van der Waals surface area contributed by atoms with Gasteiger partial charge in [0.25, 0.3) is 0 Å². The van der Waals surface area contributed by atoms with Crippen molar-refractivity contribution < 1.29 is 9.15 Å². The summed E-state index contributed by atoms with van der Waals surface area (Å²) < 4.78 is 11.9. The number of oxazole rings is 1. The third-order valence-electron chi connectivity index (χ3n) is 6.15. The van der Waals surface area contributed by atoms with Gasteiger partial charge in [-0.2, -0.15) is 0 Å². The number of aryl methyl sites for hydroxylation is 1. The van der Waals surface area contributed by atoms with Crippen LogP contribution in [0.5, 0.6) is 5.75 Å². The largest absolute Gasteiger partial charge is 0.494 e. The van der Waals surface area contributed by atoms with Gasteiger partial charge in [-0.1, -0.05) is 12.8 Å². The molecule has 0 N–H and O–H groups in total. The molecule has 29 heavy (non-hydrogen) atoms. The highest BCUT2D eigenvalue weighted by molar-refractivity contribution is 5.55. The van der Waals surface area contributed by atoms with E-state index in [9.17, 15) is 0 Å². The number of piperidine rings is 2. The van der Waals surface area contributed by atoms with Crippen LogP contribution in [0.3, 0.4) is 0 Å². The van der Waals surface area contributed by atoms with Crippen molar-refractivity contribution in [3.63, 3.8) is 0 Å². The summed E-state index contributed by atoms with van der Waals surface area (Å²) in [6, 6.07) is 8.16. The average molecular weight is 398 g/mol. The first-order chi connectivity index (χ1) is 14.3. The second kappa shape index (κ2) is 10.3. The van der Waals surface area contributed by atoms with Crippen LogP contribution in [0.15, 0.2) is 28.7 Å². The molecule has 1 aromatic carbocycles. The van der Waals surface area contributed by atoms with Crippen LogP contribution in [-0.2, 0) is 6.54 Å². The molecule has 0 aliphatic carbocycles. The normalized spacial score (nSPS) is 18.8. The van der Waals surface area contributed by atoms with Crippen molar-refractivity contribution in [2.24, 2.45) is 0 Å². The lowest BCUT2D eigenvalue weighted by Crippen LogP contribution is -2.31. The number of hydrogen-bond donors (Lipinski definition) is 0. The van der Waals surface area contributed by atoms with Crippen LogP contribution in [0.4, 0.5) is 0 Å². The van der Waals surface area contributed by atoms with E-state index in [1.54, 1.807) is 0 Å². The molecule has 2 aliphatic rings. The molecule has 2 aliphatic heterocycles. The van der Waals surface area contributed by atoms with Gasteiger partial charge >= 0.3 is 0 Å². The summed E-state index contributed by atoms with van der Waals surface area (Å²) >= 11 is 0. The summed E-state index contributed by atoms with van der Waals surface area (Å²) in [7, 11) is 0. The fraction of sp³-hybridized carbons (Fsp3) is 0.625. The zero-order valence-corrected chi connectivity index (χ0v) is 17.9. The van der Waals surface area contributed by atoms with Gasteiger partial charge in [0.1, 0.15) is 11.5 Å². The highest BCUT2D eigenvalue weighted by atomic mass is 16.5. The van der Waals surface area contributed by atoms with Gasteiger partial charge < -0.3 is 14.1 Å². The van der Waals surface area contributed by atoms with Gasteiger partial charge in [0.2, 0.25) is 5.89 Å². The Labute approximate surface area is 175 Å². The van der Waals surface area contributed by atoms with Crippen LogP contribution in [0.25, 0.3) is 11.5 Å². The van der Waals surface area contributed by atoms with Crippen LogP contribution in [0.1, 0.15) is 56.4 Å². The van der Waals surface area contributed by atoms with E-state index in [2.05, 4.69) is 21.9 Å². The van der Waals surface area contributed by atoms with Crippen molar-refractivity contribution in [1.82, 2.24) is 14.8 Å². The molecular weight excluding hydrogens is 362 g/mol. The highest BCUT2D eigenvalue weighted by Gasteiger charge is 2.17. The molecular formula is C24H35N3O2. The Morgan fingerprint density at radius 3 is 2.24 bits per heavy atom.